The van der Waals surface area contributed by atoms with Crippen molar-refractivity contribution in [1.29, 1.82) is 0 Å². The van der Waals surface area contributed by atoms with Crippen LogP contribution in [0.1, 0.15) is 33.1 Å². The van der Waals surface area contributed by atoms with E-state index in [0.717, 1.165) is 19.3 Å². The summed E-state index contributed by atoms with van der Waals surface area (Å²) in [6.45, 7) is 3.01. The van der Waals surface area contributed by atoms with Gasteiger partial charge in [0, 0.05) is 25.9 Å². The first-order valence-electron chi connectivity index (χ1n) is 4.64. The highest BCUT2D eigenvalue weighted by Crippen LogP contribution is 2.18. The zero-order valence-corrected chi connectivity index (χ0v) is 8.09. The Labute approximate surface area is 78.1 Å². The van der Waals surface area contributed by atoms with Gasteiger partial charge in [0.1, 0.15) is 0 Å². The van der Waals surface area contributed by atoms with Crippen LogP contribution in [0, 0.1) is 0 Å². The average Bonchev–Trinajstić information content (AvgIpc) is 2.34. The van der Waals surface area contributed by atoms with Crippen molar-refractivity contribution in [3.63, 3.8) is 0 Å². The molecule has 0 unspecified atom stereocenters. The van der Waals surface area contributed by atoms with Gasteiger partial charge in [-0.25, -0.2) is 0 Å². The van der Waals surface area contributed by atoms with E-state index in [1.165, 1.54) is 13.8 Å². The third-order valence-electron chi connectivity index (χ3n) is 2.29. The Morgan fingerprint density at radius 1 is 1.00 bits per heavy atom. The van der Waals surface area contributed by atoms with Crippen molar-refractivity contribution >= 4 is 11.8 Å². The lowest BCUT2D eigenvalue weighted by molar-refractivity contribution is -0.122. The highest BCUT2D eigenvalue weighted by molar-refractivity contribution is 5.75. The second kappa shape index (κ2) is 4.25. The molecule has 1 aliphatic carbocycles. The van der Waals surface area contributed by atoms with Gasteiger partial charge in [0.05, 0.1) is 0 Å². The number of amides is 2. The number of hydrogen-bond acceptors (Lipinski definition) is 2. The van der Waals surface area contributed by atoms with Crippen LogP contribution in [0.5, 0.6) is 0 Å². The fourth-order valence-electron chi connectivity index (χ4n) is 1.83. The molecule has 0 saturated heterocycles. The fraction of sp³-hybridized carbons (Fsp3) is 0.778. The molecule has 2 atom stereocenters. The molecule has 1 fully saturated rings. The van der Waals surface area contributed by atoms with Crippen LogP contribution in [-0.2, 0) is 9.59 Å². The first-order chi connectivity index (χ1) is 6.09. The van der Waals surface area contributed by atoms with E-state index in [-0.39, 0.29) is 23.9 Å². The maximum Gasteiger partial charge on any atom is 0.217 e. The van der Waals surface area contributed by atoms with Crippen LogP contribution in [0.4, 0.5) is 0 Å². The Morgan fingerprint density at radius 3 is 1.69 bits per heavy atom. The Bertz CT molecular complexity index is 194. The average molecular weight is 184 g/mol. The van der Waals surface area contributed by atoms with Crippen molar-refractivity contribution in [2.45, 2.75) is 45.2 Å². The predicted octanol–water partition coefficient (Wildman–Crippen LogP) is 0.180. The predicted molar refractivity (Wildman–Crippen MR) is 49.1 cm³/mol. The summed E-state index contributed by atoms with van der Waals surface area (Å²) in [6.07, 6.45) is 2.99. The molecule has 2 amide bonds. The van der Waals surface area contributed by atoms with E-state index in [4.69, 9.17) is 0 Å². The molecule has 0 radical (unpaired) electrons. The maximum absolute atomic E-state index is 10.8. The van der Waals surface area contributed by atoms with E-state index < -0.39 is 0 Å². The molecule has 0 aromatic carbocycles. The van der Waals surface area contributed by atoms with Gasteiger partial charge in [-0.15, -0.1) is 0 Å². The molecule has 13 heavy (non-hydrogen) atoms. The molecule has 0 bridgehead atoms. The van der Waals surface area contributed by atoms with Gasteiger partial charge in [0.25, 0.3) is 0 Å². The number of carbonyl (C=O) groups is 2. The fourth-order valence-corrected chi connectivity index (χ4v) is 1.83. The molecule has 1 saturated carbocycles. The van der Waals surface area contributed by atoms with Gasteiger partial charge >= 0.3 is 0 Å². The van der Waals surface area contributed by atoms with Gasteiger partial charge in [-0.3, -0.25) is 9.59 Å². The topological polar surface area (TPSA) is 58.2 Å². The quantitative estimate of drug-likeness (QED) is 0.643. The third-order valence-corrected chi connectivity index (χ3v) is 2.29. The first kappa shape index (κ1) is 10.0. The molecular weight excluding hydrogens is 168 g/mol. The molecule has 2 N–H and O–H groups in total. The summed E-state index contributed by atoms with van der Waals surface area (Å²) in [4.78, 5) is 21.6. The van der Waals surface area contributed by atoms with Crippen LogP contribution in [0.2, 0.25) is 0 Å². The Morgan fingerprint density at radius 2 is 1.38 bits per heavy atom. The summed E-state index contributed by atoms with van der Waals surface area (Å²) in [6, 6.07) is 0.253. The lowest BCUT2D eigenvalue weighted by Gasteiger charge is -2.20. The summed E-state index contributed by atoms with van der Waals surface area (Å²) in [5, 5.41) is 5.69. The van der Waals surface area contributed by atoms with E-state index in [1.54, 1.807) is 0 Å². The molecule has 0 heterocycles. The molecule has 74 valence electrons. The van der Waals surface area contributed by atoms with Crippen molar-refractivity contribution < 1.29 is 9.59 Å². The van der Waals surface area contributed by atoms with Gasteiger partial charge in [0.2, 0.25) is 11.8 Å². The largest absolute Gasteiger partial charge is 0.352 e. The normalized spacial score (nSPS) is 26.9. The van der Waals surface area contributed by atoms with E-state index in [9.17, 15) is 9.59 Å². The van der Waals surface area contributed by atoms with Crippen LogP contribution < -0.4 is 10.6 Å². The molecule has 0 aromatic rings. The minimum absolute atomic E-state index is 0.0257. The third kappa shape index (κ3) is 3.05. The Balaban J connectivity index is 2.43. The van der Waals surface area contributed by atoms with E-state index in [1.807, 2.05) is 0 Å². The SMILES string of the molecule is CC(=O)N[C@@H]1CCC[C@H]1NC(C)=O. The van der Waals surface area contributed by atoms with Gasteiger partial charge in [-0.1, -0.05) is 0 Å². The van der Waals surface area contributed by atoms with Crippen molar-refractivity contribution in [3.05, 3.63) is 0 Å². The maximum atomic E-state index is 10.8. The van der Waals surface area contributed by atoms with Crippen LogP contribution in [0.3, 0.4) is 0 Å². The summed E-state index contributed by atoms with van der Waals surface area (Å²) in [5.41, 5.74) is 0. The van der Waals surface area contributed by atoms with Crippen LogP contribution in [0.25, 0.3) is 0 Å². The molecular formula is C9H16N2O2. The summed E-state index contributed by atoms with van der Waals surface area (Å²) in [5.74, 6) is -0.0514. The summed E-state index contributed by atoms with van der Waals surface area (Å²) < 4.78 is 0. The first-order valence-corrected chi connectivity index (χ1v) is 4.64. The van der Waals surface area contributed by atoms with Gasteiger partial charge in [0.15, 0.2) is 0 Å². The van der Waals surface area contributed by atoms with Crippen molar-refractivity contribution in [2.75, 3.05) is 0 Å². The molecule has 1 aliphatic rings. The number of nitrogens with one attached hydrogen (secondary N) is 2. The standard InChI is InChI=1S/C9H16N2O2/c1-6(12)10-8-4-3-5-9(8)11-7(2)13/h8-9H,3-5H2,1-2H3,(H,10,12)(H,11,13)/t8-,9-/m1/s1. The number of hydrogen-bond donors (Lipinski definition) is 2. The lowest BCUT2D eigenvalue weighted by atomic mass is 10.1. The zero-order chi connectivity index (χ0) is 9.84. The Kier molecular flexibility index (Phi) is 3.28. The molecule has 0 aromatic heterocycles. The highest BCUT2D eigenvalue weighted by atomic mass is 16.2. The summed E-state index contributed by atoms with van der Waals surface area (Å²) in [7, 11) is 0. The number of rotatable bonds is 2. The van der Waals surface area contributed by atoms with E-state index in [2.05, 4.69) is 10.6 Å². The monoisotopic (exact) mass is 184 g/mol. The lowest BCUT2D eigenvalue weighted by Crippen LogP contribution is -2.47. The molecule has 4 heteroatoms. The van der Waals surface area contributed by atoms with Crippen molar-refractivity contribution in [3.8, 4) is 0 Å². The Hall–Kier alpha value is -1.06. The second-order valence-corrected chi connectivity index (χ2v) is 3.54. The summed E-state index contributed by atoms with van der Waals surface area (Å²) >= 11 is 0. The second-order valence-electron chi connectivity index (χ2n) is 3.54. The zero-order valence-electron chi connectivity index (χ0n) is 8.09. The van der Waals surface area contributed by atoms with Crippen molar-refractivity contribution in [1.82, 2.24) is 10.6 Å². The van der Waals surface area contributed by atoms with Gasteiger partial charge in [-0.05, 0) is 19.3 Å². The van der Waals surface area contributed by atoms with E-state index >= 15 is 0 Å². The molecule has 4 nitrogen and oxygen atoms in total. The minimum Gasteiger partial charge on any atom is -0.352 e. The van der Waals surface area contributed by atoms with Crippen LogP contribution in [-0.4, -0.2) is 23.9 Å². The molecule has 1 rings (SSSR count). The highest BCUT2D eigenvalue weighted by Gasteiger charge is 2.27. The van der Waals surface area contributed by atoms with Crippen molar-refractivity contribution in [2.24, 2.45) is 0 Å². The van der Waals surface area contributed by atoms with Gasteiger partial charge in [-0.2, -0.15) is 0 Å². The molecule has 0 aliphatic heterocycles. The van der Waals surface area contributed by atoms with E-state index in [0.29, 0.717) is 0 Å². The van der Waals surface area contributed by atoms with Gasteiger partial charge < -0.3 is 10.6 Å². The smallest absolute Gasteiger partial charge is 0.217 e. The van der Waals surface area contributed by atoms with Crippen LogP contribution >= 0.6 is 0 Å². The molecule has 0 spiro atoms. The number of carbonyl (C=O) groups excluding carboxylic acids is 2. The minimum atomic E-state index is -0.0257. The van der Waals surface area contributed by atoms with Crippen LogP contribution in [0.15, 0.2) is 0 Å².